The fraction of sp³-hybridized carbons (Fsp3) is 0.500. The first-order valence-electron chi connectivity index (χ1n) is 10.8. The average molecular weight is 461 g/mol. The fourth-order valence-corrected chi connectivity index (χ4v) is 4.90. The van der Waals surface area contributed by atoms with E-state index in [1.54, 1.807) is 24.1 Å². The van der Waals surface area contributed by atoms with E-state index in [-0.39, 0.29) is 12.0 Å². The summed E-state index contributed by atoms with van der Waals surface area (Å²) in [5.74, 6) is 0.193. The minimum atomic E-state index is -1.03. The zero-order valence-corrected chi connectivity index (χ0v) is 18.8. The molecule has 0 spiro atoms. The van der Waals surface area contributed by atoms with Crippen LogP contribution in [0.4, 0.5) is 16.0 Å². The first-order chi connectivity index (χ1) is 15.4. The number of likely N-dealkylation sites (tertiary alicyclic amines) is 1. The van der Waals surface area contributed by atoms with Crippen molar-refractivity contribution >= 4 is 34.1 Å². The van der Waals surface area contributed by atoms with Gasteiger partial charge < -0.3 is 15.2 Å². The Labute approximate surface area is 190 Å². The number of anilines is 2. The van der Waals surface area contributed by atoms with Gasteiger partial charge in [-0.3, -0.25) is 9.58 Å². The van der Waals surface area contributed by atoms with Crippen molar-refractivity contribution in [2.75, 3.05) is 31.6 Å². The number of benzene rings is 1. The average Bonchev–Trinajstić information content (AvgIpc) is 3.34. The van der Waals surface area contributed by atoms with E-state index in [9.17, 15) is 5.11 Å². The number of nitrogens with one attached hydrogen (secondary N) is 1. The summed E-state index contributed by atoms with van der Waals surface area (Å²) >= 11 is 6.22. The second kappa shape index (κ2) is 8.55. The van der Waals surface area contributed by atoms with Gasteiger partial charge in [0.25, 0.3) is 0 Å². The lowest BCUT2D eigenvalue weighted by Gasteiger charge is -2.39. The number of alkyl halides is 1. The number of ether oxygens (including phenoxy) is 1. The molecule has 0 amide bonds. The van der Waals surface area contributed by atoms with Crippen LogP contribution in [0.3, 0.4) is 0 Å². The lowest BCUT2D eigenvalue weighted by Crippen LogP contribution is -2.50. The largest absolute Gasteiger partial charge is 0.389 e. The maximum absolute atomic E-state index is 15.3. The summed E-state index contributed by atoms with van der Waals surface area (Å²) in [7, 11) is 1.75. The predicted octanol–water partition coefficient (Wildman–Crippen LogP) is 2.96. The van der Waals surface area contributed by atoms with Crippen LogP contribution in [-0.2, 0) is 11.8 Å². The number of aliphatic hydroxyl groups is 1. The molecule has 1 aromatic carbocycles. The van der Waals surface area contributed by atoms with Crippen LogP contribution < -0.4 is 5.32 Å². The Morgan fingerprint density at radius 2 is 2.12 bits per heavy atom. The lowest BCUT2D eigenvalue weighted by atomic mass is 9.84. The van der Waals surface area contributed by atoms with Crippen LogP contribution in [0.25, 0.3) is 10.9 Å². The smallest absolute Gasteiger partial charge is 0.227 e. The lowest BCUT2D eigenvalue weighted by molar-refractivity contribution is 0.0352. The summed E-state index contributed by atoms with van der Waals surface area (Å²) in [6, 6.07) is 3.87. The zero-order valence-electron chi connectivity index (χ0n) is 18.0. The Morgan fingerprint density at radius 3 is 2.81 bits per heavy atom. The predicted molar refractivity (Wildman–Crippen MR) is 120 cm³/mol. The first-order valence-corrected chi connectivity index (χ1v) is 11.1. The molecule has 4 atom stereocenters. The van der Waals surface area contributed by atoms with Gasteiger partial charge in [-0.1, -0.05) is 11.6 Å². The molecule has 0 radical (unpaired) electrons. The van der Waals surface area contributed by atoms with Crippen LogP contribution in [-0.4, -0.2) is 74.4 Å². The molecule has 2 N–H and O–H groups in total. The molecule has 2 saturated heterocycles. The van der Waals surface area contributed by atoms with Crippen molar-refractivity contribution in [3.8, 4) is 0 Å². The molecule has 5 rings (SSSR count). The summed E-state index contributed by atoms with van der Waals surface area (Å²) in [6.07, 6.45) is 2.48. The molecule has 0 saturated carbocycles. The molecule has 2 aliphatic rings. The van der Waals surface area contributed by atoms with E-state index < -0.39 is 12.3 Å². The SMILES string of the molecule is Cc1cc2cnc(Nc3cnn(C)c3Cl)nc2cc1C1CCN(C2COCC2O)CC1F. The van der Waals surface area contributed by atoms with Gasteiger partial charge in [0.15, 0.2) is 0 Å². The minimum Gasteiger partial charge on any atom is -0.389 e. The normalized spacial score (nSPS) is 26.7. The van der Waals surface area contributed by atoms with Gasteiger partial charge in [0, 0.05) is 31.1 Å². The van der Waals surface area contributed by atoms with Crippen molar-refractivity contribution in [3.63, 3.8) is 0 Å². The van der Waals surface area contributed by atoms with Gasteiger partial charge in [-0.2, -0.15) is 5.10 Å². The van der Waals surface area contributed by atoms with Crippen LogP contribution in [0, 0.1) is 6.92 Å². The molecule has 2 aliphatic heterocycles. The molecule has 32 heavy (non-hydrogen) atoms. The number of halogens is 2. The van der Waals surface area contributed by atoms with E-state index in [1.807, 2.05) is 24.0 Å². The molecule has 8 nitrogen and oxygen atoms in total. The van der Waals surface area contributed by atoms with Crippen molar-refractivity contribution < 1.29 is 14.2 Å². The summed E-state index contributed by atoms with van der Waals surface area (Å²) in [4.78, 5) is 11.0. The highest BCUT2D eigenvalue weighted by molar-refractivity contribution is 6.32. The van der Waals surface area contributed by atoms with Crippen LogP contribution >= 0.6 is 11.6 Å². The van der Waals surface area contributed by atoms with Crippen LogP contribution in [0.15, 0.2) is 24.5 Å². The fourth-order valence-electron chi connectivity index (χ4n) is 4.76. The van der Waals surface area contributed by atoms with Crippen LogP contribution in [0.5, 0.6) is 0 Å². The molecule has 10 heteroatoms. The zero-order chi connectivity index (χ0) is 22.4. The second-order valence-corrected chi connectivity index (χ2v) is 9.00. The highest BCUT2D eigenvalue weighted by atomic mass is 35.5. The van der Waals surface area contributed by atoms with E-state index in [0.29, 0.717) is 43.0 Å². The highest BCUT2D eigenvalue weighted by Crippen LogP contribution is 2.36. The number of piperidine rings is 1. The maximum atomic E-state index is 15.3. The van der Waals surface area contributed by atoms with Crippen LogP contribution in [0.2, 0.25) is 5.15 Å². The quantitative estimate of drug-likeness (QED) is 0.618. The summed E-state index contributed by atoms with van der Waals surface area (Å²) in [5, 5.41) is 18.7. The van der Waals surface area contributed by atoms with E-state index in [4.69, 9.17) is 16.3 Å². The van der Waals surface area contributed by atoms with E-state index in [0.717, 1.165) is 28.6 Å². The Bertz CT molecular complexity index is 1140. The topological polar surface area (TPSA) is 88.3 Å². The van der Waals surface area contributed by atoms with Crippen molar-refractivity contribution in [1.82, 2.24) is 24.6 Å². The van der Waals surface area contributed by atoms with Crippen molar-refractivity contribution in [2.45, 2.75) is 37.6 Å². The summed E-state index contributed by atoms with van der Waals surface area (Å²) < 4.78 is 22.2. The van der Waals surface area contributed by atoms with Gasteiger partial charge in [0.1, 0.15) is 11.3 Å². The minimum absolute atomic E-state index is 0.118. The Hall–Kier alpha value is -2.33. The van der Waals surface area contributed by atoms with Gasteiger partial charge in [-0.15, -0.1) is 0 Å². The third-order valence-corrected chi connectivity index (χ3v) is 6.99. The molecule has 4 heterocycles. The van der Waals surface area contributed by atoms with E-state index >= 15 is 4.39 Å². The number of aromatic nitrogens is 4. The van der Waals surface area contributed by atoms with Crippen molar-refractivity contribution in [3.05, 3.63) is 40.8 Å². The number of hydrogen-bond donors (Lipinski definition) is 2. The Balaban J connectivity index is 1.39. The molecule has 0 bridgehead atoms. The summed E-state index contributed by atoms with van der Waals surface area (Å²) in [5.41, 5.74) is 3.37. The van der Waals surface area contributed by atoms with Crippen molar-refractivity contribution in [1.29, 1.82) is 0 Å². The molecule has 0 aliphatic carbocycles. The number of nitrogens with zero attached hydrogens (tertiary/aromatic N) is 5. The maximum Gasteiger partial charge on any atom is 0.227 e. The first kappa shape index (κ1) is 21.5. The Kier molecular flexibility index (Phi) is 5.75. The number of fused-ring (bicyclic) bond motifs is 1. The number of aliphatic hydroxyl groups excluding tert-OH is 1. The van der Waals surface area contributed by atoms with Gasteiger partial charge >= 0.3 is 0 Å². The van der Waals surface area contributed by atoms with E-state index in [1.165, 1.54) is 0 Å². The molecular formula is C22H26ClFN6O2. The third-order valence-electron chi connectivity index (χ3n) is 6.54. The molecule has 3 aromatic rings. The highest BCUT2D eigenvalue weighted by Gasteiger charge is 2.38. The standard InChI is InChI=1S/C22H26ClFN6O2/c1-12-5-13-7-25-22(28-18-8-26-29(2)21(18)23)27-17(13)6-15(12)14-3-4-30(9-16(14)24)19-10-32-11-20(19)31/h5-8,14,16,19-20,31H,3-4,9-11H2,1-2H3,(H,25,27,28). The third kappa shape index (κ3) is 3.94. The second-order valence-electron chi connectivity index (χ2n) is 8.64. The molecule has 2 aromatic heterocycles. The summed E-state index contributed by atoms with van der Waals surface area (Å²) in [6.45, 7) is 3.81. The Morgan fingerprint density at radius 1 is 1.28 bits per heavy atom. The molecule has 4 unspecified atom stereocenters. The van der Waals surface area contributed by atoms with Crippen LogP contribution in [0.1, 0.15) is 23.5 Å². The molecule has 170 valence electrons. The number of hydrogen-bond acceptors (Lipinski definition) is 7. The van der Waals surface area contributed by atoms with Gasteiger partial charge in [0.05, 0.1) is 42.8 Å². The van der Waals surface area contributed by atoms with Gasteiger partial charge in [-0.25, -0.2) is 14.4 Å². The monoisotopic (exact) mass is 460 g/mol. The van der Waals surface area contributed by atoms with Gasteiger partial charge in [-0.05, 0) is 43.1 Å². The number of aryl methyl sites for hydroxylation is 2. The molecular weight excluding hydrogens is 435 g/mol. The number of rotatable bonds is 4. The van der Waals surface area contributed by atoms with E-state index in [2.05, 4.69) is 20.4 Å². The van der Waals surface area contributed by atoms with Gasteiger partial charge in [0.2, 0.25) is 5.95 Å². The molecule has 2 fully saturated rings. The van der Waals surface area contributed by atoms with Crippen molar-refractivity contribution in [2.24, 2.45) is 7.05 Å².